The number of aryl methyl sites for hydroxylation is 3. The van der Waals surface area contributed by atoms with Gasteiger partial charge in [0.1, 0.15) is 0 Å². The maximum absolute atomic E-state index is 5.67. The van der Waals surface area contributed by atoms with E-state index in [-0.39, 0.29) is 6.04 Å². The maximum atomic E-state index is 5.67. The molecule has 0 aliphatic rings. The van der Waals surface area contributed by atoms with Gasteiger partial charge in [0.05, 0.1) is 17.4 Å². The molecule has 18 heavy (non-hydrogen) atoms. The molecule has 0 aliphatic carbocycles. The lowest BCUT2D eigenvalue weighted by molar-refractivity contribution is 0.623. The van der Waals surface area contributed by atoms with Crippen molar-refractivity contribution >= 4 is 0 Å². The number of hydrogen-bond donors (Lipinski definition) is 2. The monoisotopic (exact) mass is 243 g/mol. The average molecular weight is 243 g/mol. The van der Waals surface area contributed by atoms with Gasteiger partial charge in [0, 0.05) is 11.9 Å². The highest BCUT2D eigenvalue weighted by Crippen LogP contribution is 2.22. The number of aromatic nitrogens is 3. The highest BCUT2D eigenvalue weighted by molar-refractivity contribution is 5.33. The number of nitrogens with one attached hydrogen (secondary N) is 1. The number of nitrogens with zero attached hydrogens (tertiary/aromatic N) is 3. The van der Waals surface area contributed by atoms with Gasteiger partial charge in [-0.25, -0.2) is 5.43 Å². The first-order valence-corrected chi connectivity index (χ1v) is 5.81. The Balaban J connectivity index is 2.44. The van der Waals surface area contributed by atoms with Crippen molar-refractivity contribution in [2.45, 2.75) is 26.8 Å². The zero-order valence-corrected chi connectivity index (χ0v) is 10.8. The average Bonchev–Trinajstić information content (AvgIpc) is 2.37. The van der Waals surface area contributed by atoms with Crippen LogP contribution in [-0.2, 0) is 0 Å². The van der Waals surface area contributed by atoms with Crippen molar-refractivity contribution < 1.29 is 0 Å². The van der Waals surface area contributed by atoms with Crippen molar-refractivity contribution in [3.8, 4) is 0 Å². The Morgan fingerprint density at radius 3 is 2.50 bits per heavy atom. The van der Waals surface area contributed by atoms with Crippen molar-refractivity contribution in [3.63, 3.8) is 0 Å². The highest BCUT2D eigenvalue weighted by atomic mass is 15.2. The summed E-state index contributed by atoms with van der Waals surface area (Å²) in [6.07, 6.45) is 1.83. The molecule has 2 rings (SSSR count). The molecule has 0 radical (unpaired) electrons. The van der Waals surface area contributed by atoms with Gasteiger partial charge in [-0.2, -0.15) is 10.2 Å². The Hall–Kier alpha value is -1.85. The first-order valence-electron chi connectivity index (χ1n) is 5.81. The molecule has 0 amide bonds. The fourth-order valence-electron chi connectivity index (χ4n) is 1.88. The lowest BCUT2D eigenvalue weighted by Gasteiger charge is -2.18. The molecule has 0 spiro atoms. The molecular weight excluding hydrogens is 226 g/mol. The molecule has 1 unspecified atom stereocenters. The zero-order valence-electron chi connectivity index (χ0n) is 10.8. The Labute approximate surface area is 106 Å². The molecule has 2 aromatic rings. The molecule has 3 N–H and O–H groups in total. The molecule has 94 valence electrons. The van der Waals surface area contributed by atoms with Crippen LogP contribution < -0.4 is 11.3 Å². The van der Waals surface area contributed by atoms with Crippen LogP contribution in [0.5, 0.6) is 0 Å². The van der Waals surface area contributed by atoms with Crippen molar-refractivity contribution in [3.05, 3.63) is 52.6 Å². The van der Waals surface area contributed by atoms with Gasteiger partial charge in [-0.1, -0.05) is 6.07 Å². The SMILES string of the molecule is Cc1ccc(C(NN)c2cc(C)nnc2C)cn1. The van der Waals surface area contributed by atoms with Gasteiger partial charge >= 0.3 is 0 Å². The van der Waals surface area contributed by atoms with E-state index in [0.29, 0.717) is 0 Å². The van der Waals surface area contributed by atoms with Gasteiger partial charge in [-0.15, -0.1) is 0 Å². The predicted octanol–water partition coefficient (Wildman–Crippen LogP) is 1.35. The number of pyridine rings is 1. The molecule has 5 nitrogen and oxygen atoms in total. The largest absolute Gasteiger partial charge is 0.271 e. The third-order valence-corrected chi connectivity index (χ3v) is 2.89. The Morgan fingerprint density at radius 1 is 1.11 bits per heavy atom. The summed E-state index contributed by atoms with van der Waals surface area (Å²) in [6.45, 7) is 5.79. The zero-order chi connectivity index (χ0) is 13.1. The van der Waals surface area contributed by atoms with Crippen LogP contribution >= 0.6 is 0 Å². The molecule has 2 aromatic heterocycles. The number of rotatable bonds is 3. The summed E-state index contributed by atoms with van der Waals surface area (Å²) >= 11 is 0. The van der Waals surface area contributed by atoms with E-state index in [1.54, 1.807) is 0 Å². The van der Waals surface area contributed by atoms with Crippen LogP contribution in [0.15, 0.2) is 24.4 Å². The third-order valence-electron chi connectivity index (χ3n) is 2.89. The first kappa shape index (κ1) is 12.6. The second kappa shape index (κ2) is 5.20. The molecule has 0 fully saturated rings. The van der Waals surface area contributed by atoms with Crippen LogP contribution in [0, 0.1) is 20.8 Å². The predicted molar refractivity (Wildman–Crippen MR) is 69.6 cm³/mol. The van der Waals surface area contributed by atoms with Gasteiger partial charge < -0.3 is 0 Å². The van der Waals surface area contributed by atoms with Crippen LogP contribution in [0.3, 0.4) is 0 Å². The molecule has 2 heterocycles. The van der Waals surface area contributed by atoms with E-state index < -0.39 is 0 Å². The smallest absolute Gasteiger partial charge is 0.0743 e. The van der Waals surface area contributed by atoms with Gasteiger partial charge in [0.25, 0.3) is 0 Å². The minimum Gasteiger partial charge on any atom is -0.271 e. The lowest BCUT2D eigenvalue weighted by Crippen LogP contribution is -2.30. The van der Waals surface area contributed by atoms with Gasteiger partial charge in [-0.05, 0) is 44.0 Å². The van der Waals surface area contributed by atoms with Gasteiger partial charge in [0.2, 0.25) is 0 Å². The second-order valence-electron chi connectivity index (χ2n) is 4.36. The summed E-state index contributed by atoms with van der Waals surface area (Å²) in [4.78, 5) is 4.29. The molecular formula is C13H17N5. The Kier molecular flexibility index (Phi) is 3.64. The number of hydrogen-bond acceptors (Lipinski definition) is 5. The number of nitrogens with two attached hydrogens (primary N) is 1. The van der Waals surface area contributed by atoms with Crippen molar-refractivity contribution in [2.24, 2.45) is 5.84 Å². The Bertz CT molecular complexity index is 536. The second-order valence-corrected chi connectivity index (χ2v) is 4.36. The fraction of sp³-hybridized carbons (Fsp3) is 0.308. The topological polar surface area (TPSA) is 76.7 Å². The first-order chi connectivity index (χ1) is 8.61. The van der Waals surface area contributed by atoms with Gasteiger partial charge in [-0.3, -0.25) is 10.8 Å². The number of hydrazine groups is 1. The van der Waals surface area contributed by atoms with Crippen LogP contribution in [-0.4, -0.2) is 15.2 Å². The summed E-state index contributed by atoms with van der Waals surface area (Å²) in [6, 6.07) is 5.86. The van der Waals surface area contributed by atoms with E-state index in [0.717, 1.165) is 28.2 Å². The summed E-state index contributed by atoms with van der Waals surface area (Å²) in [5, 5.41) is 8.15. The molecule has 1 atom stereocenters. The third kappa shape index (κ3) is 2.52. The van der Waals surface area contributed by atoms with E-state index >= 15 is 0 Å². The van der Waals surface area contributed by atoms with E-state index in [4.69, 9.17) is 5.84 Å². The minimum absolute atomic E-state index is 0.118. The van der Waals surface area contributed by atoms with Crippen LogP contribution in [0.1, 0.15) is 34.3 Å². The normalized spacial score (nSPS) is 12.4. The molecule has 0 aromatic carbocycles. The quantitative estimate of drug-likeness (QED) is 0.628. The van der Waals surface area contributed by atoms with Gasteiger partial charge in [0.15, 0.2) is 0 Å². The van der Waals surface area contributed by atoms with E-state index in [1.807, 2.05) is 45.2 Å². The molecule has 0 bridgehead atoms. The summed E-state index contributed by atoms with van der Waals surface area (Å²) in [5.74, 6) is 5.67. The van der Waals surface area contributed by atoms with Crippen LogP contribution in [0.25, 0.3) is 0 Å². The standard InChI is InChI=1S/C13H17N5/c1-8-4-5-11(7-15-8)13(16-14)12-6-9(2)17-18-10(12)3/h4-7,13,16H,14H2,1-3H3. The van der Waals surface area contributed by atoms with E-state index in [2.05, 4.69) is 20.6 Å². The molecule has 5 heteroatoms. The van der Waals surface area contributed by atoms with Crippen molar-refractivity contribution in [1.29, 1.82) is 0 Å². The van der Waals surface area contributed by atoms with Crippen LogP contribution in [0.2, 0.25) is 0 Å². The fourth-order valence-corrected chi connectivity index (χ4v) is 1.88. The lowest BCUT2D eigenvalue weighted by atomic mass is 9.99. The Morgan fingerprint density at radius 2 is 1.89 bits per heavy atom. The van der Waals surface area contributed by atoms with Crippen LogP contribution in [0.4, 0.5) is 0 Å². The van der Waals surface area contributed by atoms with Crippen molar-refractivity contribution in [1.82, 2.24) is 20.6 Å². The molecule has 0 aliphatic heterocycles. The summed E-state index contributed by atoms with van der Waals surface area (Å²) in [5.41, 5.74) is 7.57. The summed E-state index contributed by atoms with van der Waals surface area (Å²) in [7, 11) is 0. The maximum Gasteiger partial charge on any atom is 0.0743 e. The van der Waals surface area contributed by atoms with E-state index in [1.165, 1.54) is 0 Å². The minimum atomic E-state index is -0.118. The molecule has 0 saturated carbocycles. The molecule has 0 saturated heterocycles. The summed E-state index contributed by atoms with van der Waals surface area (Å²) < 4.78 is 0. The highest BCUT2D eigenvalue weighted by Gasteiger charge is 2.16. The van der Waals surface area contributed by atoms with E-state index in [9.17, 15) is 0 Å². The van der Waals surface area contributed by atoms with Crippen molar-refractivity contribution in [2.75, 3.05) is 0 Å².